The lowest BCUT2D eigenvalue weighted by atomic mass is 10.2. The summed E-state index contributed by atoms with van der Waals surface area (Å²) in [5.74, 6) is 0.189. The van der Waals surface area contributed by atoms with Gasteiger partial charge in [-0.1, -0.05) is 43.2 Å². The average Bonchev–Trinajstić information content (AvgIpc) is 3.05. The standard InChI is InChI=1S/C20H23N3OS/c1-15-17-13-18(19(24)22-11-7-2-3-8-12-22)25-20(17)23(21-15)14-16-9-5-4-6-10-16/h4-6,9-10,13H,2-3,7-8,11-12,14H2,1H3. The smallest absolute Gasteiger partial charge is 0.264 e. The molecule has 5 heteroatoms. The number of aryl methyl sites for hydroxylation is 1. The van der Waals surface area contributed by atoms with Gasteiger partial charge in [0.1, 0.15) is 4.83 Å². The minimum Gasteiger partial charge on any atom is -0.338 e. The van der Waals surface area contributed by atoms with E-state index in [-0.39, 0.29) is 5.91 Å². The van der Waals surface area contributed by atoms with Crippen LogP contribution in [0.1, 0.15) is 46.6 Å². The van der Waals surface area contributed by atoms with Crippen molar-refractivity contribution < 1.29 is 4.79 Å². The number of fused-ring (bicyclic) bond motifs is 1. The fourth-order valence-corrected chi connectivity index (χ4v) is 4.64. The highest BCUT2D eigenvalue weighted by molar-refractivity contribution is 7.20. The summed E-state index contributed by atoms with van der Waals surface area (Å²) in [6.45, 7) is 4.55. The molecule has 0 bridgehead atoms. The number of rotatable bonds is 3. The van der Waals surface area contributed by atoms with Crippen molar-refractivity contribution in [3.05, 3.63) is 52.5 Å². The minimum absolute atomic E-state index is 0.189. The Kier molecular flexibility index (Phi) is 4.57. The van der Waals surface area contributed by atoms with E-state index in [1.807, 2.05) is 40.8 Å². The predicted molar refractivity (Wildman–Crippen MR) is 102 cm³/mol. The zero-order valence-corrected chi connectivity index (χ0v) is 15.4. The van der Waals surface area contributed by atoms with Gasteiger partial charge in [-0.25, -0.2) is 0 Å². The molecular weight excluding hydrogens is 330 g/mol. The molecule has 0 atom stereocenters. The molecule has 0 unspecified atom stereocenters. The molecule has 2 aromatic heterocycles. The molecule has 130 valence electrons. The van der Waals surface area contributed by atoms with Crippen LogP contribution in [0.4, 0.5) is 0 Å². The Bertz CT molecular complexity index is 873. The van der Waals surface area contributed by atoms with Gasteiger partial charge in [-0.2, -0.15) is 5.10 Å². The van der Waals surface area contributed by atoms with Gasteiger partial charge in [0.2, 0.25) is 0 Å². The van der Waals surface area contributed by atoms with E-state index >= 15 is 0 Å². The maximum atomic E-state index is 12.9. The number of hydrogen-bond donors (Lipinski definition) is 0. The van der Waals surface area contributed by atoms with Crippen molar-refractivity contribution in [2.24, 2.45) is 0 Å². The first-order valence-electron chi connectivity index (χ1n) is 9.02. The Hall–Kier alpha value is -2.14. The second-order valence-electron chi connectivity index (χ2n) is 6.76. The van der Waals surface area contributed by atoms with Crippen LogP contribution in [0.5, 0.6) is 0 Å². The number of nitrogens with zero attached hydrogens (tertiary/aromatic N) is 3. The lowest BCUT2D eigenvalue weighted by Gasteiger charge is -2.19. The summed E-state index contributed by atoms with van der Waals surface area (Å²) in [5, 5.41) is 5.79. The largest absolute Gasteiger partial charge is 0.338 e. The van der Waals surface area contributed by atoms with Gasteiger partial charge in [0.25, 0.3) is 5.91 Å². The molecule has 0 spiro atoms. The molecule has 0 saturated carbocycles. The van der Waals surface area contributed by atoms with Crippen LogP contribution in [-0.4, -0.2) is 33.7 Å². The molecule has 0 N–H and O–H groups in total. The molecule has 1 saturated heterocycles. The first-order chi connectivity index (χ1) is 12.2. The molecule has 3 aromatic rings. The third kappa shape index (κ3) is 3.33. The normalized spacial score (nSPS) is 15.5. The quantitative estimate of drug-likeness (QED) is 0.697. The molecule has 1 fully saturated rings. The second kappa shape index (κ2) is 7.00. The molecule has 0 radical (unpaired) electrons. The fourth-order valence-electron chi connectivity index (χ4n) is 3.51. The van der Waals surface area contributed by atoms with Crippen molar-refractivity contribution in [1.82, 2.24) is 14.7 Å². The van der Waals surface area contributed by atoms with Crippen LogP contribution >= 0.6 is 11.3 Å². The van der Waals surface area contributed by atoms with Crippen molar-refractivity contribution in [3.63, 3.8) is 0 Å². The number of carbonyl (C=O) groups is 1. The molecule has 1 aromatic carbocycles. The Labute approximate surface area is 152 Å². The maximum Gasteiger partial charge on any atom is 0.264 e. The van der Waals surface area contributed by atoms with Crippen molar-refractivity contribution in [2.75, 3.05) is 13.1 Å². The zero-order valence-electron chi connectivity index (χ0n) is 14.6. The predicted octanol–water partition coefficient (Wildman–Crippen LogP) is 4.47. The van der Waals surface area contributed by atoms with Crippen molar-refractivity contribution in [2.45, 2.75) is 39.2 Å². The highest BCUT2D eigenvalue weighted by atomic mass is 32.1. The van der Waals surface area contributed by atoms with E-state index in [4.69, 9.17) is 0 Å². The third-order valence-electron chi connectivity index (χ3n) is 4.89. The molecule has 25 heavy (non-hydrogen) atoms. The van der Waals surface area contributed by atoms with Gasteiger partial charge >= 0.3 is 0 Å². The lowest BCUT2D eigenvalue weighted by molar-refractivity contribution is 0.0766. The van der Waals surface area contributed by atoms with Crippen LogP contribution in [0.25, 0.3) is 10.2 Å². The maximum absolute atomic E-state index is 12.9. The molecule has 3 heterocycles. The number of benzene rings is 1. The average molecular weight is 353 g/mol. The third-order valence-corrected chi connectivity index (χ3v) is 6.02. The van der Waals surface area contributed by atoms with E-state index in [1.165, 1.54) is 18.4 Å². The van der Waals surface area contributed by atoms with Crippen LogP contribution < -0.4 is 0 Å². The van der Waals surface area contributed by atoms with Gasteiger partial charge in [-0.05, 0) is 31.4 Å². The monoisotopic (exact) mass is 353 g/mol. The van der Waals surface area contributed by atoms with Gasteiger partial charge < -0.3 is 4.90 Å². The summed E-state index contributed by atoms with van der Waals surface area (Å²) in [7, 11) is 0. The van der Waals surface area contributed by atoms with Crippen molar-refractivity contribution >= 4 is 27.5 Å². The van der Waals surface area contributed by atoms with E-state index in [9.17, 15) is 4.79 Å². The molecule has 1 aliphatic heterocycles. The Morgan fingerprint density at radius 3 is 2.56 bits per heavy atom. The van der Waals surface area contributed by atoms with Crippen molar-refractivity contribution in [1.29, 1.82) is 0 Å². The number of thiophene rings is 1. The molecule has 1 aliphatic rings. The summed E-state index contributed by atoms with van der Waals surface area (Å²) in [4.78, 5) is 16.9. The fraction of sp³-hybridized carbons (Fsp3) is 0.400. The van der Waals surface area contributed by atoms with E-state index in [0.29, 0.717) is 0 Å². The molecular formula is C20H23N3OS. The van der Waals surface area contributed by atoms with Crippen LogP contribution in [-0.2, 0) is 6.54 Å². The van der Waals surface area contributed by atoms with Crippen LogP contribution in [0.2, 0.25) is 0 Å². The number of likely N-dealkylation sites (tertiary alicyclic amines) is 1. The first kappa shape index (κ1) is 16.3. The summed E-state index contributed by atoms with van der Waals surface area (Å²) in [6, 6.07) is 12.4. The van der Waals surface area contributed by atoms with Crippen LogP contribution in [0.15, 0.2) is 36.4 Å². The van der Waals surface area contributed by atoms with Crippen LogP contribution in [0, 0.1) is 6.92 Å². The van der Waals surface area contributed by atoms with E-state index in [2.05, 4.69) is 17.2 Å². The molecule has 4 rings (SSSR count). The topological polar surface area (TPSA) is 38.1 Å². The second-order valence-corrected chi connectivity index (χ2v) is 7.80. The van der Waals surface area contributed by atoms with E-state index in [0.717, 1.165) is 53.3 Å². The zero-order chi connectivity index (χ0) is 17.2. The Morgan fingerprint density at radius 1 is 1.12 bits per heavy atom. The van der Waals surface area contributed by atoms with Gasteiger partial charge in [-0.15, -0.1) is 11.3 Å². The molecule has 0 aliphatic carbocycles. The summed E-state index contributed by atoms with van der Waals surface area (Å²) in [6.07, 6.45) is 4.72. The number of carbonyl (C=O) groups excluding carboxylic acids is 1. The number of hydrogen-bond acceptors (Lipinski definition) is 3. The SMILES string of the molecule is Cc1nn(Cc2ccccc2)c2sc(C(=O)N3CCCCCC3)cc12. The number of amides is 1. The molecule has 4 nitrogen and oxygen atoms in total. The van der Waals surface area contributed by atoms with Gasteiger partial charge in [-0.3, -0.25) is 9.48 Å². The summed E-state index contributed by atoms with van der Waals surface area (Å²) < 4.78 is 2.03. The highest BCUT2D eigenvalue weighted by Crippen LogP contribution is 2.30. The summed E-state index contributed by atoms with van der Waals surface area (Å²) in [5.41, 5.74) is 2.22. The minimum atomic E-state index is 0.189. The van der Waals surface area contributed by atoms with Crippen molar-refractivity contribution in [3.8, 4) is 0 Å². The lowest BCUT2D eigenvalue weighted by Crippen LogP contribution is -2.31. The van der Waals surface area contributed by atoms with Gasteiger partial charge in [0.05, 0.1) is 17.1 Å². The Balaban J connectivity index is 1.63. The van der Waals surface area contributed by atoms with Gasteiger partial charge in [0.15, 0.2) is 0 Å². The molecule has 1 amide bonds. The number of aromatic nitrogens is 2. The Morgan fingerprint density at radius 2 is 1.84 bits per heavy atom. The van der Waals surface area contributed by atoms with Crippen LogP contribution in [0.3, 0.4) is 0 Å². The van der Waals surface area contributed by atoms with E-state index < -0.39 is 0 Å². The van der Waals surface area contributed by atoms with E-state index in [1.54, 1.807) is 11.3 Å². The first-order valence-corrected chi connectivity index (χ1v) is 9.84. The highest BCUT2D eigenvalue weighted by Gasteiger charge is 2.21. The van der Waals surface area contributed by atoms with Gasteiger partial charge in [0, 0.05) is 18.5 Å². The summed E-state index contributed by atoms with van der Waals surface area (Å²) >= 11 is 1.58.